The number of hydrogen-bond donors (Lipinski definition) is 1. The molecule has 0 radical (unpaired) electrons. The highest BCUT2D eigenvalue weighted by molar-refractivity contribution is 7.80. The van der Waals surface area contributed by atoms with Crippen molar-refractivity contribution in [1.29, 1.82) is 0 Å². The SMILES string of the molecule is COC(=O)c1c(C)ccc(S)c1Cc1ccccc1. The quantitative estimate of drug-likeness (QED) is 0.681. The number of hydrogen-bond acceptors (Lipinski definition) is 3. The zero-order valence-corrected chi connectivity index (χ0v) is 11.9. The van der Waals surface area contributed by atoms with E-state index in [9.17, 15) is 4.79 Å². The summed E-state index contributed by atoms with van der Waals surface area (Å²) in [7, 11) is 1.40. The fourth-order valence-corrected chi connectivity index (χ4v) is 2.38. The van der Waals surface area contributed by atoms with E-state index in [-0.39, 0.29) is 5.97 Å². The van der Waals surface area contributed by atoms with Crippen LogP contribution in [0.4, 0.5) is 0 Å². The van der Waals surface area contributed by atoms with Crippen molar-refractivity contribution >= 4 is 18.6 Å². The Morgan fingerprint density at radius 2 is 1.84 bits per heavy atom. The zero-order chi connectivity index (χ0) is 13.8. The molecule has 0 aliphatic rings. The molecule has 0 bridgehead atoms. The minimum atomic E-state index is -0.306. The monoisotopic (exact) mass is 272 g/mol. The van der Waals surface area contributed by atoms with Gasteiger partial charge in [-0.05, 0) is 36.1 Å². The van der Waals surface area contributed by atoms with E-state index in [1.165, 1.54) is 7.11 Å². The lowest BCUT2D eigenvalue weighted by Crippen LogP contribution is -2.09. The molecule has 2 aromatic rings. The van der Waals surface area contributed by atoms with Crippen LogP contribution >= 0.6 is 12.6 Å². The maximum atomic E-state index is 11.9. The molecule has 0 amide bonds. The molecule has 2 nitrogen and oxygen atoms in total. The standard InChI is InChI=1S/C16H16O2S/c1-11-8-9-14(19)13(15(11)16(17)18-2)10-12-6-4-3-5-7-12/h3-9,19H,10H2,1-2H3. The van der Waals surface area contributed by atoms with Gasteiger partial charge in [-0.15, -0.1) is 12.6 Å². The highest BCUT2D eigenvalue weighted by Gasteiger charge is 2.17. The second-order valence-corrected chi connectivity index (χ2v) is 4.89. The van der Waals surface area contributed by atoms with Crippen LogP contribution in [0.25, 0.3) is 0 Å². The van der Waals surface area contributed by atoms with E-state index in [0.717, 1.165) is 21.6 Å². The summed E-state index contributed by atoms with van der Waals surface area (Å²) < 4.78 is 4.88. The van der Waals surface area contributed by atoms with Crippen LogP contribution in [-0.4, -0.2) is 13.1 Å². The number of carbonyl (C=O) groups excluding carboxylic acids is 1. The highest BCUT2D eigenvalue weighted by Crippen LogP contribution is 2.25. The van der Waals surface area contributed by atoms with Crippen LogP contribution < -0.4 is 0 Å². The Balaban J connectivity index is 2.49. The Labute approximate surface area is 118 Å². The Kier molecular flexibility index (Phi) is 4.27. The lowest BCUT2D eigenvalue weighted by Gasteiger charge is -2.13. The molecule has 0 saturated heterocycles. The van der Waals surface area contributed by atoms with Gasteiger partial charge in [0.05, 0.1) is 12.7 Å². The molecule has 0 saturated carbocycles. The van der Waals surface area contributed by atoms with Crippen LogP contribution in [-0.2, 0) is 11.2 Å². The average molecular weight is 272 g/mol. The van der Waals surface area contributed by atoms with Crippen molar-refractivity contribution < 1.29 is 9.53 Å². The van der Waals surface area contributed by atoms with Gasteiger partial charge in [-0.2, -0.15) is 0 Å². The van der Waals surface area contributed by atoms with Gasteiger partial charge in [-0.25, -0.2) is 4.79 Å². The first-order valence-electron chi connectivity index (χ1n) is 6.07. The third-order valence-electron chi connectivity index (χ3n) is 3.11. The van der Waals surface area contributed by atoms with E-state index >= 15 is 0 Å². The first-order valence-corrected chi connectivity index (χ1v) is 6.52. The van der Waals surface area contributed by atoms with Crippen LogP contribution in [0, 0.1) is 6.92 Å². The summed E-state index contributed by atoms with van der Waals surface area (Å²) >= 11 is 4.47. The Bertz CT molecular complexity index is 591. The molecule has 3 heteroatoms. The van der Waals surface area contributed by atoms with Crippen molar-refractivity contribution in [2.45, 2.75) is 18.2 Å². The summed E-state index contributed by atoms with van der Waals surface area (Å²) in [4.78, 5) is 12.8. The number of methoxy groups -OCH3 is 1. The van der Waals surface area contributed by atoms with Gasteiger partial charge in [0.1, 0.15) is 0 Å². The Hall–Kier alpha value is -1.74. The molecule has 0 aromatic heterocycles. The van der Waals surface area contributed by atoms with Gasteiger partial charge in [0.25, 0.3) is 0 Å². The molecule has 0 N–H and O–H groups in total. The third-order valence-corrected chi connectivity index (χ3v) is 3.53. The fraction of sp³-hybridized carbons (Fsp3) is 0.188. The lowest BCUT2D eigenvalue weighted by atomic mass is 9.96. The van der Waals surface area contributed by atoms with E-state index in [2.05, 4.69) is 12.6 Å². The Morgan fingerprint density at radius 3 is 2.47 bits per heavy atom. The summed E-state index contributed by atoms with van der Waals surface area (Å²) in [6.45, 7) is 1.91. The number of esters is 1. The summed E-state index contributed by atoms with van der Waals surface area (Å²) in [5.41, 5.74) is 3.60. The van der Waals surface area contributed by atoms with E-state index in [0.29, 0.717) is 12.0 Å². The van der Waals surface area contributed by atoms with Crippen molar-refractivity contribution in [3.63, 3.8) is 0 Å². The van der Waals surface area contributed by atoms with Crippen LogP contribution in [0.5, 0.6) is 0 Å². The molecule has 0 heterocycles. The zero-order valence-electron chi connectivity index (χ0n) is 11.0. The molecule has 0 atom stereocenters. The molecule has 98 valence electrons. The first-order chi connectivity index (χ1) is 9.13. The number of aryl methyl sites for hydroxylation is 1. The Morgan fingerprint density at radius 1 is 1.16 bits per heavy atom. The normalized spacial score (nSPS) is 10.3. The molecule has 2 rings (SSSR count). The minimum absolute atomic E-state index is 0.306. The summed E-state index contributed by atoms with van der Waals surface area (Å²) in [6.07, 6.45) is 0.672. The van der Waals surface area contributed by atoms with Crippen molar-refractivity contribution in [1.82, 2.24) is 0 Å². The third kappa shape index (κ3) is 2.99. The molecular formula is C16H16O2S. The van der Waals surface area contributed by atoms with Gasteiger partial charge in [-0.3, -0.25) is 0 Å². The van der Waals surface area contributed by atoms with Crippen molar-refractivity contribution in [2.75, 3.05) is 7.11 Å². The van der Waals surface area contributed by atoms with Gasteiger partial charge in [0.15, 0.2) is 0 Å². The fourth-order valence-electron chi connectivity index (χ4n) is 2.12. The molecule has 2 aromatic carbocycles. The molecular weight excluding hydrogens is 256 g/mol. The summed E-state index contributed by atoms with van der Waals surface area (Å²) in [6, 6.07) is 13.8. The van der Waals surface area contributed by atoms with E-state index in [1.807, 2.05) is 49.4 Å². The molecule has 0 aliphatic heterocycles. The second kappa shape index (κ2) is 5.93. The largest absolute Gasteiger partial charge is 0.465 e. The maximum absolute atomic E-state index is 11.9. The molecule has 0 fully saturated rings. The minimum Gasteiger partial charge on any atom is -0.465 e. The lowest BCUT2D eigenvalue weighted by molar-refractivity contribution is 0.0598. The average Bonchev–Trinajstić information content (AvgIpc) is 2.43. The molecule has 19 heavy (non-hydrogen) atoms. The number of ether oxygens (including phenoxy) is 1. The van der Waals surface area contributed by atoms with Crippen LogP contribution in [0.2, 0.25) is 0 Å². The number of rotatable bonds is 3. The van der Waals surface area contributed by atoms with Gasteiger partial charge in [0.2, 0.25) is 0 Å². The second-order valence-electron chi connectivity index (χ2n) is 4.41. The smallest absolute Gasteiger partial charge is 0.338 e. The van der Waals surface area contributed by atoms with Crippen LogP contribution in [0.15, 0.2) is 47.4 Å². The van der Waals surface area contributed by atoms with Crippen LogP contribution in [0.1, 0.15) is 27.0 Å². The van der Waals surface area contributed by atoms with Crippen molar-refractivity contribution in [3.8, 4) is 0 Å². The topological polar surface area (TPSA) is 26.3 Å². The van der Waals surface area contributed by atoms with Gasteiger partial charge >= 0.3 is 5.97 Å². The maximum Gasteiger partial charge on any atom is 0.338 e. The van der Waals surface area contributed by atoms with Gasteiger partial charge < -0.3 is 4.74 Å². The van der Waals surface area contributed by atoms with Crippen molar-refractivity contribution in [2.24, 2.45) is 0 Å². The summed E-state index contributed by atoms with van der Waals surface area (Å²) in [5.74, 6) is -0.306. The number of thiol groups is 1. The van der Waals surface area contributed by atoms with E-state index in [1.54, 1.807) is 0 Å². The molecule has 0 spiro atoms. The van der Waals surface area contributed by atoms with E-state index < -0.39 is 0 Å². The highest BCUT2D eigenvalue weighted by atomic mass is 32.1. The van der Waals surface area contributed by atoms with Crippen molar-refractivity contribution in [3.05, 3.63) is 64.7 Å². The predicted octanol–water partition coefficient (Wildman–Crippen LogP) is 3.66. The predicted molar refractivity (Wildman–Crippen MR) is 79.0 cm³/mol. The van der Waals surface area contributed by atoms with Gasteiger partial charge in [-0.1, -0.05) is 36.4 Å². The number of carbonyl (C=O) groups is 1. The van der Waals surface area contributed by atoms with E-state index in [4.69, 9.17) is 4.74 Å². The van der Waals surface area contributed by atoms with Gasteiger partial charge in [0, 0.05) is 4.90 Å². The molecule has 0 aliphatic carbocycles. The van der Waals surface area contributed by atoms with Crippen LogP contribution in [0.3, 0.4) is 0 Å². The summed E-state index contributed by atoms with van der Waals surface area (Å²) in [5, 5.41) is 0. The number of benzene rings is 2. The molecule has 0 unspecified atom stereocenters. The first kappa shape index (κ1) is 13.7.